The molecular weight excluding hydrogens is 306 g/mol. The zero-order valence-corrected chi connectivity index (χ0v) is 12.5. The van der Waals surface area contributed by atoms with Gasteiger partial charge >= 0.3 is 0 Å². The predicted molar refractivity (Wildman–Crippen MR) is 80.9 cm³/mol. The quantitative estimate of drug-likeness (QED) is 0.929. The second-order valence-corrected chi connectivity index (χ2v) is 5.32. The Bertz CT molecular complexity index is 570. The third kappa shape index (κ3) is 3.49. The summed E-state index contributed by atoms with van der Waals surface area (Å²) in [6, 6.07) is 13.4. The van der Waals surface area contributed by atoms with Gasteiger partial charge in [-0.15, -0.1) is 0 Å². The van der Waals surface area contributed by atoms with Crippen LogP contribution in [0.15, 0.2) is 46.9 Å². The predicted octanol–water partition coefficient (Wildman–Crippen LogP) is 3.80. The third-order valence-electron chi connectivity index (χ3n) is 2.76. The fraction of sp³-hybridized carbons (Fsp3) is 0.200. The summed E-state index contributed by atoms with van der Waals surface area (Å²) in [6.07, 6.45) is 0. The van der Waals surface area contributed by atoms with Crippen LogP contribution in [0.25, 0.3) is 0 Å². The molecule has 2 rings (SSSR count). The van der Waals surface area contributed by atoms with E-state index in [9.17, 15) is 5.11 Å². The van der Waals surface area contributed by atoms with Crippen LogP contribution in [0.3, 0.4) is 0 Å². The van der Waals surface area contributed by atoms with Crippen molar-refractivity contribution in [3.05, 3.63) is 52.5 Å². The second kappa shape index (κ2) is 6.08. The number of aliphatic hydroxyl groups is 1. The molecule has 0 saturated heterocycles. The molecule has 0 aliphatic rings. The lowest BCUT2D eigenvalue weighted by Crippen LogP contribution is -2.08. The van der Waals surface area contributed by atoms with Crippen LogP contribution >= 0.6 is 15.9 Å². The standard InChI is InChI=1S/C15H16BrNO2/c1-17(2)13-4-3-5-14(9-13)19-15-8-12(16)7-6-11(15)10-18/h3-9,18H,10H2,1-2H3. The molecule has 3 nitrogen and oxygen atoms in total. The van der Waals surface area contributed by atoms with E-state index in [0.29, 0.717) is 5.75 Å². The summed E-state index contributed by atoms with van der Waals surface area (Å²) in [5.41, 5.74) is 1.83. The van der Waals surface area contributed by atoms with Crippen LogP contribution in [0.1, 0.15) is 5.56 Å². The Balaban J connectivity index is 2.30. The first-order valence-corrected chi connectivity index (χ1v) is 6.74. The SMILES string of the molecule is CN(C)c1cccc(Oc2cc(Br)ccc2CO)c1. The molecule has 100 valence electrons. The van der Waals surface area contributed by atoms with Crippen molar-refractivity contribution in [2.45, 2.75) is 6.61 Å². The highest BCUT2D eigenvalue weighted by molar-refractivity contribution is 9.10. The maximum absolute atomic E-state index is 9.33. The highest BCUT2D eigenvalue weighted by Crippen LogP contribution is 2.30. The summed E-state index contributed by atoms with van der Waals surface area (Å²) in [4.78, 5) is 2.01. The van der Waals surface area contributed by atoms with Gasteiger partial charge in [-0.3, -0.25) is 0 Å². The molecule has 0 aliphatic heterocycles. The average molecular weight is 322 g/mol. The van der Waals surface area contributed by atoms with Crippen LogP contribution in [0, 0.1) is 0 Å². The van der Waals surface area contributed by atoms with Crippen molar-refractivity contribution in [2.75, 3.05) is 19.0 Å². The van der Waals surface area contributed by atoms with E-state index in [0.717, 1.165) is 21.5 Å². The number of hydrogen-bond donors (Lipinski definition) is 1. The third-order valence-corrected chi connectivity index (χ3v) is 3.25. The second-order valence-electron chi connectivity index (χ2n) is 4.40. The Morgan fingerprint density at radius 2 is 1.95 bits per heavy atom. The molecule has 2 aromatic carbocycles. The minimum Gasteiger partial charge on any atom is -0.457 e. The normalized spacial score (nSPS) is 10.3. The van der Waals surface area contributed by atoms with Gasteiger partial charge in [-0.25, -0.2) is 0 Å². The molecule has 0 heterocycles. The van der Waals surface area contributed by atoms with E-state index in [2.05, 4.69) is 15.9 Å². The van der Waals surface area contributed by atoms with Gasteiger partial charge in [0.2, 0.25) is 0 Å². The van der Waals surface area contributed by atoms with Crippen molar-refractivity contribution < 1.29 is 9.84 Å². The zero-order chi connectivity index (χ0) is 13.8. The lowest BCUT2D eigenvalue weighted by molar-refractivity contribution is 0.276. The molecule has 0 atom stereocenters. The molecule has 19 heavy (non-hydrogen) atoms. The number of anilines is 1. The van der Waals surface area contributed by atoms with Crippen LogP contribution in [-0.4, -0.2) is 19.2 Å². The molecule has 0 radical (unpaired) electrons. The Labute approximate surface area is 121 Å². The number of halogens is 1. The fourth-order valence-corrected chi connectivity index (χ4v) is 2.05. The van der Waals surface area contributed by atoms with Crippen LogP contribution < -0.4 is 9.64 Å². The number of ether oxygens (including phenoxy) is 1. The smallest absolute Gasteiger partial charge is 0.134 e. The molecule has 0 spiro atoms. The van der Waals surface area contributed by atoms with Gasteiger partial charge in [-0.1, -0.05) is 28.1 Å². The highest BCUT2D eigenvalue weighted by Gasteiger charge is 2.06. The maximum atomic E-state index is 9.33. The number of benzene rings is 2. The largest absolute Gasteiger partial charge is 0.457 e. The van der Waals surface area contributed by atoms with E-state index in [-0.39, 0.29) is 6.61 Å². The summed E-state index contributed by atoms with van der Waals surface area (Å²) in [5, 5.41) is 9.33. The van der Waals surface area contributed by atoms with Crippen molar-refractivity contribution in [2.24, 2.45) is 0 Å². The zero-order valence-electron chi connectivity index (χ0n) is 10.9. The number of nitrogens with zero attached hydrogens (tertiary/aromatic N) is 1. The van der Waals surface area contributed by atoms with E-state index in [1.54, 1.807) is 0 Å². The van der Waals surface area contributed by atoms with Crippen molar-refractivity contribution in [3.8, 4) is 11.5 Å². The van der Waals surface area contributed by atoms with Gasteiger partial charge < -0.3 is 14.7 Å². The highest BCUT2D eigenvalue weighted by atomic mass is 79.9. The van der Waals surface area contributed by atoms with Crippen molar-refractivity contribution in [3.63, 3.8) is 0 Å². The van der Waals surface area contributed by atoms with Gasteiger partial charge in [0.1, 0.15) is 11.5 Å². The first-order chi connectivity index (χ1) is 9.10. The molecule has 0 aromatic heterocycles. The summed E-state index contributed by atoms with van der Waals surface area (Å²) < 4.78 is 6.78. The number of hydrogen-bond acceptors (Lipinski definition) is 3. The van der Waals surface area contributed by atoms with Crippen molar-refractivity contribution >= 4 is 21.6 Å². The van der Waals surface area contributed by atoms with Gasteiger partial charge in [0.05, 0.1) is 6.61 Å². The van der Waals surface area contributed by atoms with Crippen LogP contribution in [-0.2, 0) is 6.61 Å². The monoisotopic (exact) mass is 321 g/mol. The Kier molecular flexibility index (Phi) is 4.45. The van der Waals surface area contributed by atoms with Crippen LogP contribution in [0.5, 0.6) is 11.5 Å². The Morgan fingerprint density at radius 1 is 1.16 bits per heavy atom. The molecule has 0 aliphatic carbocycles. The molecule has 0 saturated carbocycles. The van der Waals surface area contributed by atoms with Gasteiger partial charge in [-0.05, 0) is 24.3 Å². The van der Waals surface area contributed by atoms with E-state index in [1.165, 1.54) is 0 Å². The summed E-state index contributed by atoms with van der Waals surface area (Å²) in [5.74, 6) is 1.41. The minimum absolute atomic E-state index is 0.0457. The molecule has 4 heteroatoms. The summed E-state index contributed by atoms with van der Waals surface area (Å²) in [6.45, 7) is -0.0457. The van der Waals surface area contributed by atoms with Gasteiger partial charge in [-0.2, -0.15) is 0 Å². The number of rotatable bonds is 4. The summed E-state index contributed by atoms with van der Waals surface area (Å²) in [7, 11) is 3.97. The topological polar surface area (TPSA) is 32.7 Å². The number of aliphatic hydroxyl groups excluding tert-OH is 1. The van der Waals surface area contributed by atoms with E-state index >= 15 is 0 Å². The molecule has 2 aromatic rings. The first kappa shape index (κ1) is 13.9. The fourth-order valence-electron chi connectivity index (χ4n) is 1.71. The first-order valence-electron chi connectivity index (χ1n) is 5.94. The van der Waals surface area contributed by atoms with E-state index in [4.69, 9.17) is 4.74 Å². The molecule has 1 N–H and O–H groups in total. The lowest BCUT2D eigenvalue weighted by atomic mass is 10.2. The lowest BCUT2D eigenvalue weighted by Gasteiger charge is -2.15. The Hall–Kier alpha value is -1.52. The van der Waals surface area contributed by atoms with Crippen LogP contribution in [0.2, 0.25) is 0 Å². The minimum atomic E-state index is -0.0457. The van der Waals surface area contributed by atoms with Gasteiger partial charge in [0.15, 0.2) is 0 Å². The van der Waals surface area contributed by atoms with Crippen molar-refractivity contribution in [1.29, 1.82) is 0 Å². The average Bonchev–Trinajstić information content (AvgIpc) is 2.39. The molecule has 0 unspecified atom stereocenters. The summed E-state index contributed by atoms with van der Waals surface area (Å²) >= 11 is 3.41. The molecule has 0 fully saturated rings. The van der Waals surface area contributed by atoms with Gasteiger partial charge in [0.25, 0.3) is 0 Å². The molecule has 0 amide bonds. The van der Waals surface area contributed by atoms with Crippen molar-refractivity contribution in [1.82, 2.24) is 0 Å². The molecular formula is C15H16BrNO2. The van der Waals surface area contributed by atoms with E-state index in [1.807, 2.05) is 61.5 Å². The van der Waals surface area contributed by atoms with Gasteiger partial charge in [0, 0.05) is 35.9 Å². The van der Waals surface area contributed by atoms with E-state index < -0.39 is 0 Å². The maximum Gasteiger partial charge on any atom is 0.134 e. The molecule has 0 bridgehead atoms. The Morgan fingerprint density at radius 3 is 2.63 bits per heavy atom. The van der Waals surface area contributed by atoms with Crippen LogP contribution in [0.4, 0.5) is 5.69 Å².